The average Bonchev–Trinajstić information content (AvgIpc) is 3.07. The molecule has 0 aliphatic carbocycles. The number of likely N-dealkylation sites (tertiary alicyclic amines) is 1. The molecule has 6 heteroatoms. The van der Waals surface area contributed by atoms with E-state index in [9.17, 15) is 4.79 Å². The summed E-state index contributed by atoms with van der Waals surface area (Å²) >= 11 is 0. The van der Waals surface area contributed by atoms with Gasteiger partial charge in [-0.05, 0) is 38.8 Å². The summed E-state index contributed by atoms with van der Waals surface area (Å²) < 4.78 is 13.6. The second kappa shape index (κ2) is 7.91. The van der Waals surface area contributed by atoms with E-state index >= 15 is 0 Å². The summed E-state index contributed by atoms with van der Waals surface area (Å²) in [7, 11) is 1.70. The van der Waals surface area contributed by atoms with Gasteiger partial charge in [0.25, 0.3) is 5.91 Å². The van der Waals surface area contributed by atoms with Crippen LogP contribution in [-0.4, -0.2) is 53.0 Å². The Kier molecular flexibility index (Phi) is 5.61. The first kappa shape index (κ1) is 18.5. The molecule has 2 aromatic rings. The number of hydrogen-bond donors (Lipinski definition) is 0. The standard InChI is InChI=1S/C20H27N3O3/c1-4-23-13-18(16(2)21-23)19(24)22-12-8-11-20(14-22,25-3)15-26-17-9-6-5-7-10-17/h5-7,9-10,13H,4,8,11-12,14-15H2,1-3H3. The molecule has 0 N–H and O–H groups in total. The highest BCUT2D eigenvalue weighted by atomic mass is 16.5. The van der Waals surface area contributed by atoms with E-state index in [4.69, 9.17) is 9.47 Å². The van der Waals surface area contributed by atoms with Crippen LogP contribution in [0.3, 0.4) is 0 Å². The molecule has 0 bridgehead atoms. The van der Waals surface area contributed by atoms with Crippen molar-refractivity contribution in [2.75, 3.05) is 26.8 Å². The van der Waals surface area contributed by atoms with Gasteiger partial charge < -0.3 is 14.4 Å². The van der Waals surface area contributed by atoms with Gasteiger partial charge in [0.1, 0.15) is 18.0 Å². The Morgan fingerprint density at radius 2 is 2.08 bits per heavy atom. The van der Waals surface area contributed by atoms with Crippen LogP contribution >= 0.6 is 0 Å². The summed E-state index contributed by atoms with van der Waals surface area (Å²) in [6.07, 6.45) is 3.59. The summed E-state index contributed by atoms with van der Waals surface area (Å²) in [5.74, 6) is 0.829. The maximum Gasteiger partial charge on any atom is 0.257 e. The van der Waals surface area contributed by atoms with Crippen molar-refractivity contribution >= 4 is 5.91 Å². The molecule has 1 aliphatic rings. The number of carbonyl (C=O) groups excluding carboxylic acids is 1. The number of para-hydroxylation sites is 1. The molecule has 1 fully saturated rings. The molecule has 6 nitrogen and oxygen atoms in total. The molecule has 1 saturated heterocycles. The van der Waals surface area contributed by atoms with Gasteiger partial charge in [-0.2, -0.15) is 5.10 Å². The summed E-state index contributed by atoms with van der Waals surface area (Å²) in [5.41, 5.74) is 0.951. The third kappa shape index (κ3) is 3.90. The molecule has 0 spiro atoms. The number of carbonyl (C=O) groups is 1. The molecular weight excluding hydrogens is 330 g/mol. The lowest BCUT2D eigenvalue weighted by Gasteiger charge is -2.41. The van der Waals surface area contributed by atoms with Gasteiger partial charge >= 0.3 is 0 Å². The van der Waals surface area contributed by atoms with E-state index < -0.39 is 5.60 Å². The Hall–Kier alpha value is -2.34. The number of amides is 1. The molecule has 0 radical (unpaired) electrons. The zero-order valence-corrected chi connectivity index (χ0v) is 15.8. The van der Waals surface area contributed by atoms with E-state index in [1.54, 1.807) is 11.8 Å². The number of hydrogen-bond acceptors (Lipinski definition) is 4. The van der Waals surface area contributed by atoms with Gasteiger partial charge in [-0.25, -0.2) is 0 Å². The topological polar surface area (TPSA) is 56.6 Å². The number of methoxy groups -OCH3 is 1. The minimum atomic E-state index is -0.488. The third-order valence-electron chi connectivity index (χ3n) is 5.01. The zero-order chi connectivity index (χ0) is 18.6. The smallest absolute Gasteiger partial charge is 0.257 e. The predicted octanol–water partition coefficient (Wildman–Crippen LogP) is 2.91. The fourth-order valence-corrected chi connectivity index (χ4v) is 3.41. The number of ether oxygens (including phenoxy) is 2. The van der Waals surface area contributed by atoms with E-state index in [0.29, 0.717) is 18.7 Å². The number of benzene rings is 1. The van der Waals surface area contributed by atoms with Crippen molar-refractivity contribution in [1.29, 1.82) is 0 Å². The summed E-state index contributed by atoms with van der Waals surface area (Å²) in [6, 6.07) is 9.70. The highest BCUT2D eigenvalue weighted by Gasteiger charge is 2.39. The Morgan fingerprint density at radius 1 is 1.31 bits per heavy atom. The van der Waals surface area contributed by atoms with Gasteiger partial charge in [-0.3, -0.25) is 9.48 Å². The summed E-state index contributed by atoms with van der Waals surface area (Å²) in [6.45, 7) is 6.31. The van der Waals surface area contributed by atoms with Crippen molar-refractivity contribution in [2.45, 2.75) is 38.8 Å². The molecule has 0 saturated carbocycles. The molecule has 1 atom stereocenters. The van der Waals surface area contributed by atoms with Crippen LogP contribution in [0.5, 0.6) is 5.75 Å². The largest absolute Gasteiger partial charge is 0.491 e. The molecule has 140 valence electrons. The summed E-state index contributed by atoms with van der Waals surface area (Å²) in [5, 5.41) is 4.39. The highest BCUT2D eigenvalue weighted by Crippen LogP contribution is 2.27. The first-order chi connectivity index (χ1) is 12.6. The third-order valence-corrected chi connectivity index (χ3v) is 5.01. The first-order valence-corrected chi connectivity index (χ1v) is 9.13. The molecule has 1 aromatic carbocycles. The Balaban J connectivity index is 1.71. The van der Waals surface area contributed by atoms with Crippen LogP contribution in [0.2, 0.25) is 0 Å². The van der Waals surface area contributed by atoms with Crippen molar-refractivity contribution < 1.29 is 14.3 Å². The highest BCUT2D eigenvalue weighted by molar-refractivity contribution is 5.95. The Bertz CT molecular complexity index is 744. The second-order valence-corrected chi connectivity index (χ2v) is 6.80. The Labute approximate surface area is 154 Å². The van der Waals surface area contributed by atoms with E-state index in [1.807, 2.05) is 55.3 Å². The van der Waals surface area contributed by atoms with Gasteiger partial charge in [0, 0.05) is 26.4 Å². The van der Waals surface area contributed by atoms with Crippen molar-refractivity contribution in [2.24, 2.45) is 0 Å². The van der Waals surface area contributed by atoms with Crippen LogP contribution in [0.1, 0.15) is 35.8 Å². The molecule has 1 amide bonds. The SMILES string of the molecule is CCn1cc(C(=O)N2CCCC(COc3ccccc3)(OC)C2)c(C)n1. The molecule has 1 unspecified atom stereocenters. The molecule has 1 aliphatic heterocycles. The summed E-state index contributed by atoms with van der Waals surface area (Å²) in [4.78, 5) is 14.9. The maximum absolute atomic E-state index is 13.0. The fourth-order valence-electron chi connectivity index (χ4n) is 3.41. The van der Waals surface area contributed by atoms with Gasteiger partial charge in [0.2, 0.25) is 0 Å². The predicted molar refractivity (Wildman–Crippen MR) is 99.5 cm³/mol. The zero-order valence-electron chi connectivity index (χ0n) is 15.8. The minimum absolute atomic E-state index is 0.0167. The van der Waals surface area contributed by atoms with Crippen LogP contribution in [0.4, 0.5) is 0 Å². The number of aromatic nitrogens is 2. The molecule has 2 heterocycles. The lowest BCUT2D eigenvalue weighted by atomic mass is 9.92. The van der Waals surface area contributed by atoms with Gasteiger partial charge in [-0.1, -0.05) is 18.2 Å². The van der Waals surface area contributed by atoms with Crippen molar-refractivity contribution in [3.63, 3.8) is 0 Å². The average molecular weight is 357 g/mol. The first-order valence-electron chi connectivity index (χ1n) is 9.13. The lowest BCUT2D eigenvalue weighted by molar-refractivity contribution is -0.0825. The number of aryl methyl sites for hydroxylation is 2. The minimum Gasteiger partial charge on any atom is -0.491 e. The normalized spacial score (nSPS) is 20.2. The molecule has 3 rings (SSSR count). The van der Waals surface area contributed by atoms with Gasteiger partial charge in [0.05, 0.1) is 17.8 Å². The van der Waals surface area contributed by atoms with Gasteiger partial charge in [-0.15, -0.1) is 0 Å². The number of piperidine rings is 1. The van der Waals surface area contributed by atoms with E-state index in [-0.39, 0.29) is 5.91 Å². The maximum atomic E-state index is 13.0. The van der Waals surface area contributed by atoms with Crippen LogP contribution in [-0.2, 0) is 11.3 Å². The van der Waals surface area contributed by atoms with Crippen LogP contribution in [0, 0.1) is 6.92 Å². The lowest BCUT2D eigenvalue weighted by Crippen LogP contribution is -2.54. The van der Waals surface area contributed by atoms with E-state index in [2.05, 4.69) is 5.10 Å². The molecule has 1 aromatic heterocycles. The van der Waals surface area contributed by atoms with Crippen molar-refractivity contribution in [3.05, 3.63) is 47.8 Å². The second-order valence-electron chi connectivity index (χ2n) is 6.80. The Morgan fingerprint density at radius 3 is 2.73 bits per heavy atom. The quantitative estimate of drug-likeness (QED) is 0.798. The van der Waals surface area contributed by atoms with E-state index in [0.717, 1.165) is 37.4 Å². The van der Waals surface area contributed by atoms with Crippen LogP contribution in [0.25, 0.3) is 0 Å². The van der Waals surface area contributed by atoms with E-state index in [1.165, 1.54) is 0 Å². The van der Waals surface area contributed by atoms with Crippen LogP contribution in [0.15, 0.2) is 36.5 Å². The van der Waals surface area contributed by atoms with Crippen LogP contribution < -0.4 is 4.74 Å². The number of nitrogens with zero attached hydrogens (tertiary/aromatic N) is 3. The molecular formula is C20H27N3O3. The van der Waals surface area contributed by atoms with Crippen molar-refractivity contribution in [1.82, 2.24) is 14.7 Å². The van der Waals surface area contributed by atoms with Crippen molar-refractivity contribution in [3.8, 4) is 5.75 Å². The van der Waals surface area contributed by atoms with Gasteiger partial charge in [0.15, 0.2) is 0 Å². The molecule has 26 heavy (non-hydrogen) atoms. The number of rotatable bonds is 6. The monoisotopic (exact) mass is 357 g/mol. The fraction of sp³-hybridized carbons (Fsp3) is 0.500.